The second-order valence-electron chi connectivity index (χ2n) is 5.84. The highest BCUT2D eigenvalue weighted by Crippen LogP contribution is 2.19. The molecule has 0 aliphatic carbocycles. The van der Waals surface area contributed by atoms with E-state index in [1.165, 1.54) is 0 Å². The van der Waals surface area contributed by atoms with Crippen molar-refractivity contribution < 1.29 is 9.21 Å². The zero-order valence-electron chi connectivity index (χ0n) is 12.8. The SMILES string of the molecule is O=C(NCCn1cccc1)C1CCN(Cc2ccco2)CC1. The largest absolute Gasteiger partial charge is 0.468 e. The molecular weight excluding hydrogens is 278 g/mol. The molecular formula is C17H23N3O2. The lowest BCUT2D eigenvalue weighted by atomic mass is 9.96. The monoisotopic (exact) mass is 301 g/mol. The molecule has 5 nitrogen and oxygen atoms in total. The van der Waals surface area contributed by atoms with Gasteiger partial charge in [0, 0.05) is 31.4 Å². The molecule has 0 bridgehead atoms. The minimum Gasteiger partial charge on any atom is -0.468 e. The van der Waals surface area contributed by atoms with E-state index in [-0.39, 0.29) is 11.8 Å². The number of rotatable bonds is 6. The second kappa shape index (κ2) is 7.31. The van der Waals surface area contributed by atoms with E-state index in [0.29, 0.717) is 6.54 Å². The Balaban J connectivity index is 1.36. The van der Waals surface area contributed by atoms with Crippen molar-refractivity contribution in [1.29, 1.82) is 0 Å². The maximum absolute atomic E-state index is 12.2. The van der Waals surface area contributed by atoms with Crippen molar-refractivity contribution in [1.82, 2.24) is 14.8 Å². The van der Waals surface area contributed by atoms with Crippen LogP contribution in [0.3, 0.4) is 0 Å². The molecule has 3 heterocycles. The fourth-order valence-corrected chi connectivity index (χ4v) is 2.95. The van der Waals surface area contributed by atoms with Crippen molar-refractivity contribution in [3.63, 3.8) is 0 Å². The number of carbonyl (C=O) groups is 1. The highest BCUT2D eigenvalue weighted by Gasteiger charge is 2.24. The van der Waals surface area contributed by atoms with Gasteiger partial charge in [-0.05, 0) is 50.2 Å². The van der Waals surface area contributed by atoms with Gasteiger partial charge in [0.25, 0.3) is 0 Å². The van der Waals surface area contributed by atoms with Crippen LogP contribution in [-0.2, 0) is 17.9 Å². The molecule has 0 atom stereocenters. The van der Waals surface area contributed by atoms with Gasteiger partial charge in [-0.15, -0.1) is 0 Å². The maximum atomic E-state index is 12.2. The summed E-state index contributed by atoms with van der Waals surface area (Å²) in [6.45, 7) is 4.28. The lowest BCUT2D eigenvalue weighted by molar-refractivity contribution is -0.126. The van der Waals surface area contributed by atoms with Crippen LogP contribution in [0.1, 0.15) is 18.6 Å². The summed E-state index contributed by atoms with van der Waals surface area (Å²) in [6.07, 6.45) is 7.59. The molecule has 0 saturated carbocycles. The minimum absolute atomic E-state index is 0.150. The Labute approximate surface area is 130 Å². The normalized spacial score (nSPS) is 16.7. The summed E-state index contributed by atoms with van der Waals surface area (Å²) in [7, 11) is 0. The van der Waals surface area contributed by atoms with Crippen molar-refractivity contribution in [2.75, 3.05) is 19.6 Å². The van der Waals surface area contributed by atoms with Gasteiger partial charge < -0.3 is 14.3 Å². The summed E-state index contributed by atoms with van der Waals surface area (Å²) < 4.78 is 7.45. The molecule has 1 aliphatic rings. The van der Waals surface area contributed by atoms with E-state index < -0.39 is 0 Å². The Morgan fingerprint density at radius 1 is 1.23 bits per heavy atom. The predicted octanol–water partition coefficient (Wildman–Crippen LogP) is 2.11. The molecule has 118 valence electrons. The molecule has 5 heteroatoms. The number of aromatic nitrogens is 1. The average molecular weight is 301 g/mol. The highest BCUT2D eigenvalue weighted by atomic mass is 16.3. The first-order valence-electron chi connectivity index (χ1n) is 7.94. The van der Waals surface area contributed by atoms with E-state index in [1.807, 2.05) is 36.7 Å². The predicted molar refractivity (Wildman–Crippen MR) is 84.2 cm³/mol. The van der Waals surface area contributed by atoms with Crippen molar-refractivity contribution in [2.24, 2.45) is 5.92 Å². The van der Waals surface area contributed by atoms with Crippen molar-refractivity contribution in [3.8, 4) is 0 Å². The molecule has 22 heavy (non-hydrogen) atoms. The van der Waals surface area contributed by atoms with Crippen LogP contribution in [0.5, 0.6) is 0 Å². The Hall–Kier alpha value is -2.01. The van der Waals surface area contributed by atoms with Crippen LogP contribution in [0.2, 0.25) is 0 Å². The first-order chi connectivity index (χ1) is 10.8. The van der Waals surface area contributed by atoms with Crippen molar-refractivity contribution in [3.05, 3.63) is 48.7 Å². The van der Waals surface area contributed by atoms with E-state index >= 15 is 0 Å². The number of nitrogens with one attached hydrogen (secondary N) is 1. The van der Waals surface area contributed by atoms with Gasteiger partial charge in [-0.25, -0.2) is 0 Å². The molecule has 2 aromatic rings. The van der Waals surface area contributed by atoms with Gasteiger partial charge in [-0.2, -0.15) is 0 Å². The Morgan fingerprint density at radius 2 is 2.00 bits per heavy atom. The highest BCUT2D eigenvalue weighted by molar-refractivity contribution is 5.78. The molecule has 0 radical (unpaired) electrons. The van der Waals surface area contributed by atoms with Crippen molar-refractivity contribution >= 4 is 5.91 Å². The summed E-state index contributed by atoms with van der Waals surface area (Å²) in [6, 6.07) is 7.91. The molecule has 3 rings (SSSR count). The van der Waals surface area contributed by atoms with Gasteiger partial charge in [-0.1, -0.05) is 0 Å². The average Bonchev–Trinajstić information content (AvgIpc) is 3.21. The van der Waals surface area contributed by atoms with Crippen LogP contribution in [0.4, 0.5) is 0 Å². The first-order valence-corrected chi connectivity index (χ1v) is 7.94. The molecule has 0 unspecified atom stereocenters. The standard InChI is InChI=1S/C17H23N3O2/c21-17(18-7-12-19-8-1-2-9-19)15-5-10-20(11-6-15)14-16-4-3-13-22-16/h1-4,8-9,13,15H,5-7,10-12,14H2,(H,18,21). The van der Waals surface area contributed by atoms with Crippen LogP contribution < -0.4 is 5.32 Å². The van der Waals surface area contributed by atoms with Gasteiger partial charge in [0.05, 0.1) is 12.8 Å². The quantitative estimate of drug-likeness (QED) is 0.889. The molecule has 2 aromatic heterocycles. The summed E-state index contributed by atoms with van der Waals surface area (Å²) >= 11 is 0. The number of amides is 1. The number of hydrogen-bond acceptors (Lipinski definition) is 3. The number of hydrogen-bond donors (Lipinski definition) is 1. The molecule has 1 saturated heterocycles. The maximum Gasteiger partial charge on any atom is 0.223 e. The molecule has 1 N–H and O–H groups in total. The molecule has 0 aromatic carbocycles. The fraction of sp³-hybridized carbons (Fsp3) is 0.471. The van der Waals surface area contributed by atoms with Crippen LogP contribution in [0, 0.1) is 5.92 Å². The zero-order valence-corrected chi connectivity index (χ0v) is 12.8. The molecule has 0 spiro atoms. The number of furan rings is 1. The summed E-state index contributed by atoms with van der Waals surface area (Å²) in [4.78, 5) is 14.5. The van der Waals surface area contributed by atoms with Crippen LogP contribution in [0.15, 0.2) is 47.3 Å². The van der Waals surface area contributed by atoms with Crippen LogP contribution in [-0.4, -0.2) is 35.0 Å². The topological polar surface area (TPSA) is 50.4 Å². The third kappa shape index (κ3) is 4.01. The van der Waals surface area contributed by atoms with Gasteiger partial charge in [0.1, 0.15) is 5.76 Å². The first kappa shape index (κ1) is 14.9. The van der Waals surface area contributed by atoms with Gasteiger partial charge in [0.15, 0.2) is 0 Å². The zero-order chi connectivity index (χ0) is 15.2. The number of likely N-dealkylation sites (tertiary alicyclic amines) is 1. The van der Waals surface area contributed by atoms with Gasteiger partial charge in [0.2, 0.25) is 5.91 Å². The smallest absolute Gasteiger partial charge is 0.223 e. The molecule has 1 fully saturated rings. The Kier molecular flexibility index (Phi) is 4.96. The third-order valence-corrected chi connectivity index (χ3v) is 4.25. The van der Waals surface area contributed by atoms with Crippen LogP contribution in [0.25, 0.3) is 0 Å². The molecule has 1 aliphatic heterocycles. The fourth-order valence-electron chi connectivity index (χ4n) is 2.95. The summed E-state index contributed by atoms with van der Waals surface area (Å²) in [5, 5.41) is 3.05. The Morgan fingerprint density at radius 3 is 2.68 bits per heavy atom. The van der Waals surface area contributed by atoms with E-state index in [2.05, 4.69) is 14.8 Å². The lowest BCUT2D eigenvalue weighted by Gasteiger charge is -2.30. The van der Waals surface area contributed by atoms with E-state index in [9.17, 15) is 4.79 Å². The summed E-state index contributed by atoms with van der Waals surface area (Å²) in [5.41, 5.74) is 0. The lowest BCUT2D eigenvalue weighted by Crippen LogP contribution is -2.40. The van der Waals surface area contributed by atoms with Crippen molar-refractivity contribution in [2.45, 2.75) is 25.9 Å². The van der Waals surface area contributed by atoms with Gasteiger partial charge in [-0.3, -0.25) is 9.69 Å². The number of piperidine rings is 1. The third-order valence-electron chi connectivity index (χ3n) is 4.25. The number of carbonyl (C=O) groups excluding carboxylic acids is 1. The van der Waals surface area contributed by atoms with Crippen LogP contribution >= 0.6 is 0 Å². The van der Waals surface area contributed by atoms with E-state index in [1.54, 1.807) is 6.26 Å². The van der Waals surface area contributed by atoms with E-state index in [4.69, 9.17) is 4.42 Å². The minimum atomic E-state index is 0.150. The second-order valence-corrected chi connectivity index (χ2v) is 5.84. The van der Waals surface area contributed by atoms with E-state index in [0.717, 1.165) is 44.8 Å². The summed E-state index contributed by atoms with van der Waals surface area (Å²) in [5.74, 6) is 1.34. The Bertz CT molecular complexity index is 555. The van der Waals surface area contributed by atoms with Gasteiger partial charge >= 0.3 is 0 Å². The number of nitrogens with zero attached hydrogens (tertiary/aromatic N) is 2. The molecule has 1 amide bonds.